The molecule has 4 rings (SSSR count). The molecule has 1 fully saturated rings. The summed E-state index contributed by atoms with van der Waals surface area (Å²) in [5.41, 5.74) is 6.63. The average molecular weight is 403 g/mol. The predicted molar refractivity (Wildman–Crippen MR) is 115 cm³/mol. The first kappa shape index (κ1) is 20.1. The van der Waals surface area contributed by atoms with Crippen molar-refractivity contribution in [3.05, 3.63) is 83.8 Å². The van der Waals surface area contributed by atoms with Crippen LogP contribution in [0.3, 0.4) is 0 Å². The van der Waals surface area contributed by atoms with Crippen molar-refractivity contribution in [2.45, 2.75) is 32.0 Å². The second-order valence-corrected chi connectivity index (χ2v) is 7.24. The van der Waals surface area contributed by atoms with Crippen LogP contribution in [0.25, 0.3) is 17.3 Å². The zero-order valence-electron chi connectivity index (χ0n) is 16.7. The van der Waals surface area contributed by atoms with Crippen LogP contribution < -0.4 is 5.48 Å². The summed E-state index contributed by atoms with van der Waals surface area (Å²) in [7, 11) is 0. The van der Waals surface area contributed by atoms with Crippen molar-refractivity contribution < 1.29 is 14.4 Å². The molecule has 1 amide bonds. The van der Waals surface area contributed by atoms with Gasteiger partial charge in [0.1, 0.15) is 5.82 Å². The normalized spacial score (nSPS) is 16.6. The summed E-state index contributed by atoms with van der Waals surface area (Å²) in [5, 5.41) is 0. The van der Waals surface area contributed by atoms with Gasteiger partial charge in [0, 0.05) is 25.5 Å². The van der Waals surface area contributed by atoms with Gasteiger partial charge < -0.3 is 9.72 Å². The topological polar surface area (TPSA) is 76.2 Å². The molecular formula is C24H25N3O3. The lowest BCUT2D eigenvalue weighted by atomic mass is 10.1. The fourth-order valence-electron chi connectivity index (χ4n) is 3.29. The number of aromatic nitrogens is 2. The number of carbonyl (C=O) groups is 1. The molecule has 6 heteroatoms. The second kappa shape index (κ2) is 10.0. The number of H-pyrrole nitrogens is 1. The van der Waals surface area contributed by atoms with Gasteiger partial charge >= 0.3 is 0 Å². The summed E-state index contributed by atoms with van der Waals surface area (Å²) in [6.45, 7) is 0.675. The molecule has 1 atom stereocenters. The van der Waals surface area contributed by atoms with Crippen LogP contribution in [-0.4, -0.2) is 28.8 Å². The minimum Gasteiger partial charge on any atom is -0.350 e. The molecule has 1 aromatic heterocycles. The Morgan fingerprint density at radius 3 is 2.77 bits per heavy atom. The molecule has 0 spiro atoms. The summed E-state index contributed by atoms with van der Waals surface area (Å²) in [6.07, 6.45) is 8.33. The first-order valence-corrected chi connectivity index (χ1v) is 10.2. The van der Waals surface area contributed by atoms with Gasteiger partial charge in [0.25, 0.3) is 5.91 Å². The minimum absolute atomic E-state index is 0.308. The van der Waals surface area contributed by atoms with E-state index < -0.39 is 0 Å². The number of nitrogens with zero attached hydrogens (tertiary/aromatic N) is 1. The van der Waals surface area contributed by atoms with E-state index in [1.807, 2.05) is 48.7 Å². The molecule has 0 bridgehead atoms. The van der Waals surface area contributed by atoms with E-state index in [0.717, 1.165) is 47.5 Å². The van der Waals surface area contributed by atoms with E-state index in [1.165, 1.54) is 6.08 Å². The summed E-state index contributed by atoms with van der Waals surface area (Å²) < 4.78 is 5.41. The zero-order valence-corrected chi connectivity index (χ0v) is 16.7. The third-order valence-electron chi connectivity index (χ3n) is 4.92. The van der Waals surface area contributed by atoms with Crippen molar-refractivity contribution in [1.29, 1.82) is 0 Å². The van der Waals surface area contributed by atoms with Crippen molar-refractivity contribution >= 4 is 12.0 Å². The maximum Gasteiger partial charge on any atom is 0.267 e. The highest BCUT2D eigenvalue weighted by atomic mass is 16.8. The molecule has 0 radical (unpaired) electrons. The van der Waals surface area contributed by atoms with Gasteiger partial charge in [-0.3, -0.25) is 4.79 Å². The summed E-state index contributed by atoms with van der Waals surface area (Å²) in [5.74, 6) is 0.607. The largest absolute Gasteiger partial charge is 0.350 e. The molecule has 154 valence electrons. The molecule has 0 aliphatic carbocycles. The van der Waals surface area contributed by atoms with Crippen LogP contribution in [0.15, 0.2) is 66.9 Å². The Balaban J connectivity index is 1.28. The molecule has 1 aliphatic rings. The molecule has 2 aromatic carbocycles. The SMILES string of the molecule is O=C(/C=C/c1ccc(Cc2ncc(-c3ccccc3)[nH]2)cc1)NOC1CCCCO1. The number of imidazole rings is 1. The Bertz CT molecular complexity index is 974. The van der Waals surface area contributed by atoms with E-state index in [9.17, 15) is 4.79 Å². The Labute approximate surface area is 175 Å². The molecule has 1 saturated heterocycles. The highest BCUT2D eigenvalue weighted by molar-refractivity contribution is 5.90. The van der Waals surface area contributed by atoms with Crippen LogP contribution in [0.4, 0.5) is 0 Å². The van der Waals surface area contributed by atoms with E-state index in [-0.39, 0.29) is 12.2 Å². The highest BCUT2D eigenvalue weighted by Gasteiger charge is 2.14. The zero-order chi connectivity index (χ0) is 20.6. The summed E-state index contributed by atoms with van der Waals surface area (Å²) in [4.78, 5) is 25.0. The number of rotatable bonds is 7. The van der Waals surface area contributed by atoms with Gasteiger partial charge in [0.2, 0.25) is 0 Å². The van der Waals surface area contributed by atoms with Crippen molar-refractivity contribution in [2.75, 3.05) is 6.61 Å². The number of aromatic amines is 1. The first-order valence-electron chi connectivity index (χ1n) is 10.2. The number of benzene rings is 2. The lowest BCUT2D eigenvalue weighted by molar-refractivity contribution is -0.198. The first-order chi connectivity index (χ1) is 14.8. The summed E-state index contributed by atoms with van der Waals surface area (Å²) >= 11 is 0. The maximum absolute atomic E-state index is 11.9. The fourth-order valence-corrected chi connectivity index (χ4v) is 3.29. The molecule has 6 nitrogen and oxygen atoms in total. The molecule has 0 saturated carbocycles. The third-order valence-corrected chi connectivity index (χ3v) is 4.92. The Hall–Kier alpha value is -3.22. The monoisotopic (exact) mass is 403 g/mol. The number of hydrogen-bond donors (Lipinski definition) is 2. The van der Waals surface area contributed by atoms with Crippen molar-refractivity contribution in [2.24, 2.45) is 0 Å². The van der Waals surface area contributed by atoms with Crippen LogP contribution in [0.1, 0.15) is 36.2 Å². The van der Waals surface area contributed by atoms with Crippen molar-refractivity contribution in [3.63, 3.8) is 0 Å². The van der Waals surface area contributed by atoms with Gasteiger partial charge in [-0.05, 0) is 35.6 Å². The molecule has 30 heavy (non-hydrogen) atoms. The van der Waals surface area contributed by atoms with Crippen molar-refractivity contribution in [3.8, 4) is 11.3 Å². The van der Waals surface area contributed by atoms with E-state index >= 15 is 0 Å². The molecule has 2 N–H and O–H groups in total. The van der Waals surface area contributed by atoms with Gasteiger partial charge in [0.15, 0.2) is 6.29 Å². The van der Waals surface area contributed by atoms with E-state index in [0.29, 0.717) is 13.0 Å². The fraction of sp³-hybridized carbons (Fsp3) is 0.250. The number of carbonyl (C=O) groups excluding carboxylic acids is 1. The van der Waals surface area contributed by atoms with Gasteiger partial charge in [0.05, 0.1) is 11.9 Å². The van der Waals surface area contributed by atoms with Crippen LogP contribution >= 0.6 is 0 Å². The number of hydrogen-bond acceptors (Lipinski definition) is 4. The molecular weight excluding hydrogens is 378 g/mol. The molecule has 3 aromatic rings. The second-order valence-electron chi connectivity index (χ2n) is 7.24. The number of ether oxygens (including phenoxy) is 1. The van der Waals surface area contributed by atoms with Crippen LogP contribution in [-0.2, 0) is 20.8 Å². The highest BCUT2D eigenvalue weighted by Crippen LogP contribution is 2.18. The summed E-state index contributed by atoms with van der Waals surface area (Å²) in [6, 6.07) is 18.2. The minimum atomic E-state index is -0.348. The smallest absolute Gasteiger partial charge is 0.267 e. The average Bonchev–Trinajstić information content (AvgIpc) is 3.27. The number of hydroxylamine groups is 1. The molecule has 2 heterocycles. The van der Waals surface area contributed by atoms with Gasteiger partial charge in [-0.15, -0.1) is 0 Å². The van der Waals surface area contributed by atoms with E-state index in [2.05, 4.69) is 27.6 Å². The Kier molecular flexibility index (Phi) is 6.69. The molecule has 1 aliphatic heterocycles. The quantitative estimate of drug-likeness (QED) is 0.457. The van der Waals surface area contributed by atoms with Crippen LogP contribution in [0.5, 0.6) is 0 Å². The van der Waals surface area contributed by atoms with Crippen LogP contribution in [0.2, 0.25) is 0 Å². The number of amides is 1. The predicted octanol–water partition coefficient (Wildman–Crippen LogP) is 4.26. The maximum atomic E-state index is 11.9. The van der Waals surface area contributed by atoms with E-state index in [1.54, 1.807) is 6.08 Å². The van der Waals surface area contributed by atoms with Gasteiger partial charge in [-0.2, -0.15) is 0 Å². The standard InChI is InChI=1S/C24H25N3O3/c28-23(27-30-24-8-4-5-15-29-24)14-13-18-9-11-19(12-10-18)16-22-25-17-21(26-22)20-6-2-1-3-7-20/h1-3,6-7,9-14,17,24H,4-5,8,15-16H2,(H,25,26)(H,27,28)/b14-13+. The Morgan fingerprint density at radius 1 is 1.17 bits per heavy atom. The van der Waals surface area contributed by atoms with Gasteiger partial charge in [-0.25, -0.2) is 15.3 Å². The Morgan fingerprint density at radius 2 is 2.00 bits per heavy atom. The molecule has 1 unspecified atom stereocenters. The van der Waals surface area contributed by atoms with Gasteiger partial charge in [-0.1, -0.05) is 54.6 Å². The van der Waals surface area contributed by atoms with E-state index in [4.69, 9.17) is 9.57 Å². The third kappa shape index (κ3) is 5.65. The lowest BCUT2D eigenvalue weighted by Crippen LogP contribution is -2.32. The van der Waals surface area contributed by atoms with Crippen LogP contribution in [0, 0.1) is 0 Å². The van der Waals surface area contributed by atoms with Crippen molar-refractivity contribution in [1.82, 2.24) is 15.4 Å². The lowest BCUT2D eigenvalue weighted by Gasteiger charge is -2.21. The number of nitrogens with one attached hydrogen (secondary N) is 2.